The minimum Gasteiger partial charge on any atom is -0.493 e. The molecule has 0 fully saturated rings. The van der Waals surface area contributed by atoms with Gasteiger partial charge in [-0.05, 0) is 35.8 Å². The van der Waals surface area contributed by atoms with Gasteiger partial charge < -0.3 is 14.6 Å². The Balaban J connectivity index is 3.32. The molecule has 0 saturated heterocycles. The fourth-order valence-electron chi connectivity index (χ4n) is 1.49. The molecule has 2 N–H and O–H groups in total. The summed E-state index contributed by atoms with van der Waals surface area (Å²) in [6, 6.07) is 2.87. The number of nitrogens with one attached hydrogen (secondary N) is 1. The van der Waals surface area contributed by atoms with Gasteiger partial charge in [-0.2, -0.15) is 0 Å². The second kappa shape index (κ2) is 6.30. The van der Waals surface area contributed by atoms with E-state index < -0.39 is 15.6 Å². The van der Waals surface area contributed by atoms with E-state index in [4.69, 9.17) is 9.47 Å². The minimum absolute atomic E-state index is 0.0108. The van der Waals surface area contributed by atoms with E-state index >= 15 is 0 Å². The van der Waals surface area contributed by atoms with Crippen LogP contribution in [0.15, 0.2) is 21.5 Å². The predicted octanol–water partition coefficient (Wildman–Crippen LogP) is 1.52. The molecule has 1 rings (SSSR count). The molecule has 0 aliphatic heterocycles. The van der Waals surface area contributed by atoms with Crippen LogP contribution in [0.5, 0.6) is 11.5 Å². The first-order valence-electron chi connectivity index (χ1n) is 5.73. The van der Waals surface area contributed by atoms with Crippen molar-refractivity contribution in [1.82, 2.24) is 4.72 Å². The number of aliphatic hydroxyl groups is 1. The van der Waals surface area contributed by atoms with E-state index in [2.05, 4.69) is 20.7 Å². The molecular formula is C12H18BrNO5S. The Hall–Kier alpha value is -0.830. The lowest BCUT2D eigenvalue weighted by Crippen LogP contribution is -2.46. The largest absolute Gasteiger partial charge is 0.493 e. The van der Waals surface area contributed by atoms with Crippen molar-refractivity contribution in [3.05, 3.63) is 16.6 Å². The van der Waals surface area contributed by atoms with Crippen LogP contribution in [0, 0.1) is 0 Å². The number of sulfonamides is 1. The number of benzene rings is 1. The quantitative estimate of drug-likeness (QED) is 0.795. The van der Waals surface area contributed by atoms with E-state index in [9.17, 15) is 13.5 Å². The van der Waals surface area contributed by atoms with Crippen molar-refractivity contribution >= 4 is 26.0 Å². The Kier molecular flexibility index (Phi) is 5.42. The van der Waals surface area contributed by atoms with Gasteiger partial charge in [0.05, 0.1) is 26.4 Å². The van der Waals surface area contributed by atoms with Gasteiger partial charge >= 0.3 is 0 Å². The van der Waals surface area contributed by atoms with Crippen molar-refractivity contribution < 1.29 is 23.0 Å². The molecule has 0 spiro atoms. The van der Waals surface area contributed by atoms with Gasteiger partial charge in [0.25, 0.3) is 0 Å². The smallest absolute Gasteiger partial charge is 0.242 e. The number of rotatable bonds is 6. The van der Waals surface area contributed by atoms with Crippen LogP contribution in [0.4, 0.5) is 0 Å². The number of hydrogen-bond acceptors (Lipinski definition) is 5. The lowest BCUT2D eigenvalue weighted by atomic mass is 10.1. The molecule has 20 heavy (non-hydrogen) atoms. The molecule has 0 aromatic heterocycles. The lowest BCUT2D eigenvalue weighted by Gasteiger charge is -2.23. The third kappa shape index (κ3) is 3.85. The summed E-state index contributed by atoms with van der Waals surface area (Å²) < 4.78 is 37.7. The maximum Gasteiger partial charge on any atom is 0.242 e. The van der Waals surface area contributed by atoms with E-state index in [-0.39, 0.29) is 11.5 Å². The molecule has 0 amide bonds. The fourth-order valence-corrected chi connectivity index (χ4v) is 3.93. The third-order valence-corrected chi connectivity index (χ3v) is 5.19. The van der Waals surface area contributed by atoms with E-state index in [0.717, 1.165) is 0 Å². The number of ether oxygens (including phenoxy) is 2. The van der Waals surface area contributed by atoms with Crippen molar-refractivity contribution in [3.63, 3.8) is 0 Å². The van der Waals surface area contributed by atoms with E-state index in [1.54, 1.807) is 13.8 Å². The normalized spacial score (nSPS) is 12.3. The molecule has 0 bridgehead atoms. The highest BCUT2D eigenvalue weighted by molar-refractivity contribution is 9.10. The molecule has 0 aliphatic carbocycles. The molecule has 1 aromatic rings. The number of methoxy groups -OCH3 is 2. The van der Waals surface area contributed by atoms with Gasteiger partial charge in [-0.15, -0.1) is 0 Å². The first-order valence-corrected chi connectivity index (χ1v) is 8.01. The number of halogens is 1. The Morgan fingerprint density at radius 3 is 2.20 bits per heavy atom. The molecule has 0 unspecified atom stereocenters. The van der Waals surface area contributed by atoms with Gasteiger partial charge in [0, 0.05) is 10.5 Å². The Bertz CT molecular complexity index is 586. The van der Waals surface area contributed by atoms with Gasteiger partial charge in [-0.1, -0.05) is 0 Å². The summed E-state index contributed by atoms with van der Waals surface area (Å²) in [6.07, 6.45) is 0. The second-order valence-corrected chi connectivity index (χ2v) is 7.29. The molecule has 1 aromatic carbocycles. The molecule has 0 aliphatic rings. The van der Waals surface area contributed by atoms with E-state index in [1.165, 1.54) is 26.4 Å². The van der Waals surface area contributed by atoms with Crippen molar-refractivity contribution in [2.75, 3.05) is 20.8 Å². The van der Waals surface area contributed by atoms with Crippen molar-refractivity contribution in [2.24, 2.45) is 0 Å². The Labute approximate surface area is 127 Å². The maximum absolute atomic E-state index is 12.3. The van der Waals surface area contributed by atoms with E-state index in [0.29, 0.717) is 16.0 Å². The second-order valence-electron chi connectivity index (χ2n) is 4.79. The van der Waals surface area contributed by atoms with Gasteiger partial charge in [0.15, 0.2) is 11.5 Å². The summed E-state index contributed by atoms with van der Waals surface area (Å²) in [5, 5.41) is 9.17. The highest BCUT2D eigenvalue weighted by Gasteiger charge is 2.28. The first kappa shape index (κ1) is 17.2. The van der Waals surface area contributed by atoms with Crippen molar-refractivity contribution in [2.45, 2.75) is 24.3 Å². The van der Waals surface area contributed by atoms with Crippen LogP contribution in [0.3, 0.4) is 0 Å². The Morgan fingerprint density at radius 2 is 1.75 bits per heavy atom. The van der Waals surface area contributed by atoms with Crippen LogP contribution in [0.2, 0.25) is 0 Å². The highest BCUT2D eigenvalue weighted by atomic mass is 79.9. The molecule has 0 atom stereocenters. The summed E-state index contributed by atoms with van der Waals surface area (Å²) in [4.78, 5) is 0.0108. The molecule has 0 heterocycles. The van der Waals surface area contributed by atoms with Crippen LogP contribution in [-0.2, 0) is 10.0 Å². The summed E-state index contributed by atoms with van der Waals surface area (Å²) in [7, 11) is -0.923. The standard InChI is InChI=1S/C12H18BrNO5S/c1-12(2,7-15)14-20(16,17)11-6-10(19-4)9(18-3)5-8(11)13/h5-6,14-15H,7H2,1-4H3. The highest BCUT2D eigenvalue weighted by Crippen LogP contribution is 2.35. The van der Waals surface area contributed by atoms with Crippen LogP contribution in [0.1, 0.15) is 13.8 Å². The van der Waals surface area contributed by atoms with Crippen LogP contribution in [0.25, 0.3) is 0 Å². The zero-order valence-electron chi connectivity index (χ0n) is 11.7. The summed E-state index contributed by atoms with van der Waals surface area (Å²) in [6.45, 7) is 2.84. The van der Waals surface area contributed by atoms with Crippen LogP contribution in [-0.4, -0.2) is 39.9 Å². The lowest BCUT2D eigenvalue weighted by molar-refractivity contribution is 0.208. The molecular weight excluding hydrogens is 350 g/mol. The van der Waals surface area contributed by atoms with E-state index in [1.807, 2.05) is 0 Å². The molecule has 8 heteroatoms. The summed E-state index contributed by atoms with van der Waals surface area (Å²) in [5.41, 5.74) is -0.967. The first-order chi connectivity index (χ1) is 9.16. The zero-order chi connectivity index (χ0) is 15.6. The predicted molar refractivity (Wildman–Crippen MR) is 78.7 cm³/mol. The monoisotopic (exact) mass is 367 g/mol. The fraction of sp³-hybridized carbons (Fsp3) is 0.500. The van der Waals surface area contributed by atoms with Crippen LogP contribution >= 0.6 is 15.9 Å². The van der Waals surface area contributed by atoms with Gasteiger partial charge in [0.1, 0.15) is 4.90 Å². The van der Waals surface area contributed by atoms with Gasteiger partial charge in [-0.25, -0.2) is 13.1 Å². The SMILES string of the molecule is COc1cc(Br)c(S(=O)(=O)NC(C)(C)CO)cc1OC. The number of aliphatic hydroxyl groups excluding tert-OH is 1. The van der Waals surface area contributed by atoms with Gasteiger partial charge in [0.2, 0.25) is 10.0 Å². The summed E-state index contributed by atoms with van der Waals surface area (Å²) >= 11 is 3.20. The zero-order valence-corrected chi connectivity index (χ0v) is 14.1. The molecule has 6 nitrogen and oxygen atoms in total. The maximum atomic E-state index is 12.3. The average molecular weight is 368 g/mol. The Morgan fingerprint density at radius 1 is 1.25 bits per heavy atom. The molecule has 0 radical (unpaired) electrons. The third-order valence-electron chi connectivity index (χ3n) is 2.53. The molecule has 0 saturated carbocycles. The van der Waals surface area contributed by atoms with Crippen LogP contribution < -0.4 is 14.2 Å². The van der Waals surface area contributed by atoms with Gasteiger partial charge in [-0.3, -0.25) is 0 Å². The number of hydrogen-bond donors (Lipinski definition) is 2. The average Bonchev–Trinajstić information content (AvgIpc) is 2.36. The topological polar surface area (TPSA) is 84.9 Å². The van der Waals surface area contributed by atoms with Crippen molar-refractivity contribution in [3.8, 4) is 11.5 Å². The van der Waals surface area contributed by atoms with Crippen molar-refractivity contribution in [1.29, 1.82) is 0 Å². The minimum atomic E-state index is -3.81. The summed E-state index contributed by atoms with van der Waals surface area (Å²) in [5.74, 6) is 0.720. The molecule has 114 valence electrons.